The highest BCUT2D eigenvalue weighted by molar-refractivity contribution is 5.94. The average molecular weight is 295 g/mol. The van der Waals surface area contributed by atoms with E-state index in [0.29, 0.717) is 11.6 Å². The molecule has 0 radical (unpaired) electrons. The molecule has 1 aliphatic rings. The molecular formula is C18H21N3O. The Bertz CT molecular complexity index is 615. The Hall–Kier alpha value is -2.20. The van der Waals surface area contributed by atoms with Gasteiger partial charge < -0.3 is 5.32 Å². The molecule has 0 saturated carbocycles. The Balaban J connectivity index is 1.57. The molecular weight excluding hydrogens is 274 g/mol. The summed E-state index contributed by atoms with van der Waals surface area (Å²) in [6.07, 6.45) is 4.27. The zero-order valence-corrected chi connectivity index (χ0v) is 12.8. The lowest BCUT2D eigenvalue weighted by Gasteiger charge is -2.24. The van der Waals surface area contributed by atoms with Crippen molar-refractivity contribution in [2.24, 2.45) is 0 Å². The fourth-order valence-corrected chi connectivity index (χ4v) is 2.97. The number of benzene rings is 1. The van der Waals surface area contributed by atoms with Crippen LogP contribution in [0.25, 0.3) is 0 Å². The van der Waals surface area contributed by atoms with Gasteiger partial charge in [-0.05, 0) is 31.0 Å². The standard InChI is InChI=1S/C18H21N3O/c1-14(15-6-3-2-4-7-15)21-11-9-17(13-21)20-18(22)16-8-5-10-19-12-16/h2-8,10,12,14,17H,9,11,13H2,1H3,(H,20,22)/t14-,17+/m1/s1. The number of rotatable bonds is 4. The first-order valence-electron chi connectivity index (χ1n) is 7.74. The molecule has 4 heteroatoms. The second kappa shape index (κ2) is 6.71. The largest absolute Gasteiger partial charge is 0.348 e. The highest BCUT2D eigenvalue weighted by Crippen LogP contribution is 2.24. The van der Waals surface area contributed by atoms with Crippen molar-refractivity contribution in [1.82, 2.24) is 15.2 Å². The molecule has 2 aromatic rings. The third kappa shape index (κ3) is 3.34. The van der Waals surface area contributed by atoms with E-state index in [0.717, 1.165) is 19.5 Å². The summed E-state index contributed by atoms with van der Waals surface area (Å²) in [7, 11) is 0. The van der Waals surface area contributed by atoms with E-state index in [-0.39, 0.29) is 11.9 Å². The summed E-state index contributed by atoms with van der Waals surface area (Å²) in [5.41, 5.74) is 1.94. The van der Waals surface area contributed by atoms with Gasteiger partial charge in [-0.3, -0.25) is 14.7 Å². The molecule has 114 valence electrons. The van der Waals surface area contributed by atoms with Crippen molar-refractivity contribution in [3.05, 3.63) is 66.0 Å². The Morgan fingerprint density at radius 1 is 1.27 bits per heavy atom. The van der Waals surface area contributed by atoms with Crippen molar-refractivity contribution < 1.29 is 4.79 Å². The van der Waals surface area contributed by atoms with Crippen LogP contribution in [-0.4, -0.2) is 34.9 Å². The van der Waals surface area contributed by atoms with E-state index in [1.807, 2.05) is 6.07 Å². The predicted molar refractivity (Wildman–Crippen MR) is 86.5 cm³/mol. The average Bonchev–Trinajstić information content (AvgIpc) is 3.04. The zero-order chi connectivity index (χ0) is 15.4. The minimum absolute atomic E-state index is 0.0349. The summed E-state index contributed by atoms with van der Waals surface area (Å²) >= 11 is 0. The van der Waals surface area contributed by atoms with Crippen molar-refractivity contribution in [3.63, 3.8) is 0 Å². The molecule has 2 atom stereocenters. The van der Waals surface area contributed by atoms with Gasteiger partial charge in [-0.1, -0.05) is 30.3 Å². The van der Waals surface area contributed by atoms with Crippen molar-refractivity contribution >= 4 is 5.91 Å². The lowest BCUT2D eigenvalue weighted by molar-refractivity contribution is 0.0936. The van der Waals surface area contributed by atoms with Crippen LogP contribution in [0.4, 0.5) is 0 Å². The van der Waals surface area contributed by atoms with Gasteiger partial charge in [0.1, 0.15) is 0 Å². The number of hydrogen-bond acceptors (Lipinski definition) is 3. The van der Waals surface area contributed by atoms with E-state index in [1.54, 1.807) is 24.5 Å². The van der Waals surface area contributed by atoms with Crippen molar-refractivity contribution in [2.45, 2.75) is 25.4 Å². The molecule has 1 saturated heterocycles. The minimum atomic E-state index is -0.0349. The third-order valence-electron chi connectivity index (χ3n) is 4.31. The van der Waals surface area contributed by atoms with Crippen LogP contribution in [0.2, 0.25) is 0 Å². The SMILES string of the molecule is C[C@H](c1ccccc1)N1CC[C@H](NC(=O)c2cccnc2)C1. The number of nitrogens with zero attached hydrogens (tertiary/aromatic N) is 2. The number of pyridine rings is 1. The molecule has 1 aromatic carbocycles. The Kier molecular flexibility index (Phi) is 4.49. The molecule has 3 rings (SSSR count). The first kappa shape index (κ1) is 14.7. The van der Waals surface area contributed by atoms with Gasteiger partial charge in [0.25, 0.3) is 5.91 Å². The molecule has 4 nitrogen and oxygen atoms in total. The maximum Gasteiger partial charge on any atom is 0.253 e. The zero-order valence-electron chi connectivity index (χ0n) is 12.8. The van der Waals surface area contributed by atoms with E-state index in [2.05, 4.69) is 46.4 Å². The van der Waals surface area contributed by atoms with Gasteiger partial charge in [0.15, 0.2) is 0 Å². The molecule has 1 fully saturated rings. The van der Waals surface area contributed by atoms with Crippen LogP contribution in [0.5, 0.6) is 0 Å². The summed E-state index contributed by atoms with van der Waals surface area (Å²) in [5.74, 6) is -0.0349. The van der Waals surface area contributed by atoms with Gasteiger partial charge in [0.2, 0.25) is 0 Å². The van der Waals surface area contributed by atoms with Gasteiger partial charge in [-0.2, -0.15) is 0 Å². The first-order chi connectivity index (χ1) is 10.7. The highest BCUT2D eigenvalue weighted by atomic mass is 16.1. The molecule has 1 aliphatic heterocycles. The van der Waals surface area contributed by atoms with Crippen LogP contribution in [0.15, 0.2) is 54.9 Å². The summed E-state index contributed by atoms with van der Waals surface area (Å²) in [6, 6.07) is 14.7. The second-order valence-corrected chi connectivity index (χ2v) is 5.78. The van der Waals surface area contributed by atoms with Gasteiger partial charge >= 0.3 is 0 Å². The Labute approximate surface area is 131 Å². The van der Waals surface area contributed by atoms with Crippen LogP contribution < -0.4 is 5.32 Å². The topological polar surface area (TPSA) is 45.2 Å². The number of aromatic nitrogens is 1. The fraction of sp³-hybridized carbons (Fsp3) is 0.333. The van der Waals surface area contributed by atoms with E-state index in [4.69, 9.17) is 0 Å². The van der Waals surface area contributed by atoms with E-state index in [1.165, 1.54) is 5.56 Å². The number of nitrogens with one attached hydrogen (secondary N) is 1. The summed E-state index contributed by atoms with van der Waals surface area (Å²) in [4.78, 5) is 18.6. The Morgan fingerprint density at radius 3 is 2.82 bits per heavy atom. The van der Waals surface area contributed by atoms with Crippen LogP contribution in [0, 0.1) is 0 Å². The smallest absolute Gasteiger partial charge is 0.253 e. The summed E-state index contributed by atoms with van der Waals surface area (Å²) in [6.45, 7) is 4.12. The molecule has 0 aliphatic carbocycles. The molecule has 1 aromatic heterocycles. The van der Waals surface area contributed by atoms with Crippen LogP contribution in [-0.2, 0) is 0 Å². The van der Waals surface area contributed by atoms with Gasteiger partial charge in [0.05, 0.1) is 5.56 Å². The predicted octanol–water partition coefficient (Wildman–Crippen LogP) is 2.65. The van der Waals surface area contributed by atoms with Gasteiger partial charge in [-0.25, -0.2) is 0 Å². The Morgan fingerprint density at radius 2 is 2.09 bits per heavy atom. The molecule has 2 heterocycles. The number of amides is 1. The summed E-state index contributed by atoms with van der Waals surface area (Å²) in [5, 5.41) is 3.11. The van der Waals surface area contributed by atoms with Crippen LogP contribution >= 0.6 is 0 Å². The molecule has 0 unspecified atom stereocenters. The number of carbonyl (C=O) groups is 1. The maximum atomic E-state index is 12.2. The van der Waals surface area contributed by atoms with Crippen molar-refractivity contribution in [1.29, 1.82) is 0 Å². The van der Waals surface area contributed by atoms with E-state index >= 15 is 0 Å². The normalized spacial score (nSPS) is 19.8. The van der Waals surface area contributed by atoms with E-state index < -0.39 is 0 Å². The lowest BCUT2D eigenvalue weighted by atomic mass is 10.1. The second-order valence-electron chi connectivity index (χ2n) is 5.78. The molecule has 1 amide bonds. The number of hydrogen-bond donors (Lipinski definition) is 1. The summed E-state index contributed by atoms with van der Waals surface area (Å²) < 4.78 is 0. The first-order valence-corrected chi connectivity index (χ1v) is 7.74. The van der Waals surface area contributed by atoms with Crippen LogP contribution in [0.1, 0.15) is 35.3 Å². The molecule has 1 N–H and O–H groups in total. The van der Waals surface area contributed by atoms with E-state index in [9.17, 15) is 4.79 Å². The minimum Gasteiger partial charge on any atom is -0.348 e. The van der Waals surface area contributed by atoms with Crippen molar-refractivity contribution in [3.8, 4) is 0 Å². The maximum absolute atomic E-state index is 12.2. The molecule has 0 spiro atoms. The third-order valence-corrected chi connectivity index (χ3v) is 4.31. The van der Waals surface area contributed by atoms with Gasteiger partial charge in [-0.15, -0.1) is 0 Å². The molecule has 22 heavy (non-hydrogen) atoms. The van der Waals surface area contributed by atoms with Crippen LogP contribution in [0.3, 0.4) is 0 Å². The molecule has 0 bridgehead atoms. The fourth-order valence-electron chi connectivity index (χ4n) is 2.97. The monoisotopic (exact) mass is 295 g/mol. The number of carbonyl (C=O) groups excluding carboxylic acids is 1. The highest BCUT2D eigenvalue weighted by Gasteiger charge is 2.27. The number of likely N-dealkylation sites (tertiary alicyclic amines) is 1. The van der Waals surface area contributed by atoms with Crippen molar-refractivity contribution in [2.75, 3.05) is 13.1 Å². The van der Waals surface area contributed by atoms with Gasteiger partial charge in [0, 0.05) is 37.6 Å². The quantitative estimate of drug-likeness (QED) is 0.943. The lowest BCUT2D eigenvalue weighted by Crippen LogP contribution is -2.37.